The van der Waals surface area contributed by atoms with Crippen LogP contribution in [0.2, 0.25) is 0 Å². The standard InChI is InChI=1S/C23H26F3N3O4S/c24-23(25,26)19-8-11-21(22(16-19)29(30)31)27-12-14-28(15-13-27)34(32,33)20-9-6-18(7-10-20)17-4-2-1-3-5-17/h6-11,16-17H,1-5,12-15H2. The Morgan fingerprint density at radius 1 is 0.912 bits per heavy atom. The third-order valence-corrected chi connectivity index (χ3v) is 8.59. The van der Waals surface area contributed by atoms with Gasteiger partial charge in [-0.3, -0.25) is 10.1 Å². The molecule has 2 aliphatic rings. The molecule has 0 bridgehead atoms. The van der Waals surface area contributed by atoms with Crippen molar-refractivity contribution in [2.45, 2.75) is 49.1 Å². The van der Waals surface area contributed by atoms with Crippen LogP contribution in [0.15, 0.2) is 47.4 Å². The zero-order chi connectivity index (χ0) is 24.5. The van der Waals surface area contributed by atoms with Crippen LogP contribution in [0, 0.1) is 10.1 Å². The molecule has 4 rings (SSSR count). The van der Waals surface area contributed by atoms with E-state index in [0.29, 0.717) is 12.0 Å². The molecule has 34 heavy (non-hydrogen) atoms. The second-order valence-corrected chi connectivity index (χ2v) is 10.7. The minimum absolute atomic E-state index is 0.0480. The predicted molar refractivity (Wildman–Crippen MR) is 121 cm³/mol. The van der Waals surface area contributed by atoms with Crippen molar-refractivity contribution in [2.75, 3.05) is 31.1 Å². The van der Waals surface area contributed by atoms with Gasteiger partial charge in [0.2, 0.25) is 10.0 Å². The molecule has 0 unspecified atom stereocenters. The first-order valence-corrected chi connectivity index (χ1v) is 12.7. The van der Waals surface area contributed by atoms with E-state index >= 15 is 0 Å². The average Bonchev–Trinajstić information content (AvgIpc) is 2.84. The van der Waals surface area contributed by atoms with Crippen LogP contribution in [0.25, 0.3) is 0 Å². The van der Waals surface area contributed by atoms with Crippen molar-refractivity contribution in [2.24, 2.45) is 0 Å². The van der Waals surface area contributed by atoms with Gasteiger partial charge in [-0.15, -0.1) is 0 Å². The third-order valence-electron chi connectivity index (χ3n) is 6.67. The van der Waals surface area contributed by atoms with E-state index < -0.39 is 32.4 Å². The van der Waals surface area contributed by atoms with Crippen LogP contribution in [0.1, 0.15) is 49.1 Å². The van der Waals surface area contributed by atoms with E-state index in [-0.39, 0.29) is 36.8 Å². The molecule has 184 valence electrons. The normalized spacial score (nSPS) is 18.7. The number of benzene rings is 2. The van der Waals surface area contributed by atoms with Gasteiger partial charge in [0.05, 0.1) is 15.4 Å². The van der Waals surface area contributed by atoms with Gasteiger partial charge in [0.25, 0.3) is 5.69 Å². The number of halogens is 3. The summed E-state index contributed by atoms with van der Waals surface area (Å²) in [5, 5.41) is 11.4. The van der Waals surface area contributed by atoms with Crippen LogP contribution < -0.4 is 4.90 Å². The van der Waals surface area contributed by atoms with E-state index in [1.165, 1.54) is 23.6 Å². The molecule has 0 amide bonds. The van der Waals surface area contributed by atoms with Gasteiger partial charge >= 0.3 is 6.18 Å². The average molecular weight is 498 g/mol. The Balaban J connectivity index is 1.46. The number of rotatable bonds is 5. The molecule has 0 atom stereocenters. The van der Waals surface area contributed by atoms with Gasteiger partial charge in [0.1, 0.15) is 5.69 Å². The SMILES string of the molecule is O=[N+]([O-])c1cc(C(F)(F)F)ccc1N1CCN(S(=O)(=O)c2ccc(C3CCCCC3)cc2)CC1. The third kappa shape index (κ3) is 5.05. The highest BCUT2D eigenvalue weighted by molar-refractivity contribution is 7.89. The Morgan fingerprint density at radius 3 is 2.09 bits per heavy atom. The highest BCUT2D eigenvalue weighted by atomic mass is 32.2. The second-order valence-electron chi connectivity index (χ2n) is 8.75. The van der Waals surface area contributed by atoms with Crippen molar-refractivity contribution in [3.05, 3.63) is 63.7 Å². The van der Waals surface area contributed by atoms with E-state index in [1.54, 1.807) is 17.0 Å². The molecular formula is C23H26F3N3O4S. The van der Waals surface area contributed by atoms with Crippen molar-refractivity contribution < 1.29 is 26.5 Å². The smallest absolute Gasteiger partial charge is 0.363 e. The lowest BCUT2D eigenvalue weighted by Crippen LogP contribution is -2.48. The number of hydrogen-bond acceptors (Lipinski definition) is 5. The van der Waals surface area contributed by atoms with Crippen molar-refractivity contribution in [1.82, 2.24) is 4.31 Å². The van der Waals surface area contributed by atoms with Crippen LogP contribution in [0.3, 0.4) is 0 Å². The summed E-state index contributed by atoms with van der Waals surface area (Å²) in [6.07, 6.45) is 1.15. The molecule has 0 aromatic heterocycles. The highest BCUT2D eigenvalue weighted by Crippen LogP contribution is 2.37. The summed E-state index contributed by atoms with van der Waals surface area (Å²) >= 11 is 0. The summed E-state index contributed by atoms with van der Waals surface area (Å²) in [5.74, 6) is 0.466. The van der Waals surface area contributed by atoms with E-state index in [2.05, 4.69) is 0 Å². The number of sulfonamides is 1. The van der Waals surface area contributed by atoms with Crippen molar-refractivity contribution >= 4 is 21.4 Å². The fraction of sp³-hybridized carbons (Fsp3) is 0.478. The molecule has 7 nitrogen and oxygen atoms in total. The molecule has 2 aromatic rings. The zero-order valence-electron chi connectivity index (χ0n) is 18.5. The van der Waals surface area contributed by atoms with Gasteiger partial charge in [-0.2, -0.15) is 17.5 Å². The largest absolute Gasteiger partial charge is 0.416 e. The van der Waals surface area contributed by atoms with Crippen LogP contribution in [0.4, 0.5) is 24.5 Å². The predicted octanol–water partition coefficient (Wildman–Crippen LogP) is 5.17. The Morgan fingerprint density at radius 2 is 1.53 bits per heavy atom. The number of hydrogen-bond donors (Lipinski definition) is 0. The topological polar surface area (TPSA) is 83.8 Å². The monoisotopic (exact) mass is 497 g/mol. The second kappa shape index (κ2) is 9.53. The van der Waals surface area contributed by atoms with E-state index in [0.717, 1.165) is 30.5 Å². The molecule has 2 aromatic carbocycles. The number of nitro groups is 1. The molecule has 2 fully saturated rings. The fourth-order valence-electron chi connectivity index (χ4n) is 4.78. The highest BCUT2D eigenvalue weighted by Gasteiger charge is 2.35. The number of alkyl halides is 3. The Hall–Kier alpha value is -2.66. The molecule has 0 radical (unpaired) electrons. The zero-order valence-corrected chi connectivity index (χ0v) is 19.3. The Bertz CT molecular complexity index is 1140. The molecule has 0 N–H and O–H groups in total. The molecule has 1 aliphatic heterocycles. The van der Waals surface area contributed by atoms with Crippen LogP contribution in [0.5, 0.6) is 0 Å². The van der Waals surface area contributed by atoms with Gasteiger partial charge in [0, 0.05) is 32.2 Å². The number of anilines is 1. The summed E-state index contributed by atoms with van der Waals surface area (Å²) < 4.78 is 66.5. The lowest BCUT2D eigenvalue weighted by molar-refractivity contribution is -0.384. The fourth-order valence-corrected chi connectivity index (χ4v) is 6.20. The van der Waals surface area contributed by atoms with E-state index in [1.807, 2.05) is 12.1 Å². The van der Waals surface area contributed by atoms with Crippen LogP contribution in [-0.4, -0.2) is 43.8 Å². The van der Waals surface area contributed by atoms with Crippen molar-refractivity contribution in [1.29, 1.82) is 0 Å². The van der Waals surface area contributed by atoms with Crippen molar-refractivity contribution in [3.8, 4) is 0 Å². The molecule has 1 saturated heterocycles. The van der Waals surface area contributed by atoms with Crippen molar-refractivity contribution in [3.63, 3.8) is 0 Å². The lowest BCUT2D eigenvalue weighted by atomic mass is 9.84. The first kappa shape index (κ1) is 24.5. The maximum Gasteiger partial charge on any atom is 0.416 e. The molecular weight excluding hydrogens is 471 g/mol. The summed E-state index contributed by atoms with van der Waals surface area (Å²) in [4.78, 5) is 12.3. The van der Waals surface area contributed by atoms with Crippen LogP contribution >= 0.6 is 0 Å². The van der Waals surface area contributed by atoms with Gasteiger partial charge in [-0.25, -0.2) is 8.42 Å². The summed E-state index contributed by atoms with van der Waals surface area (Å²) in [5.41, 5.74) is -0.546. The van der Waals surface area contributed by atoms with Gasteiger partial charge in [-0.05, 0) is 48.6 Å². The summed E-state index contributed by atoms with van der Waals surface area (Å²) in [6.45, 7) is 0.410. The van der Waals surface area contributed by atoms with E-state index in [4.69, 9.17) is 0 Å². The van der Waals surface area contributed by atoms with Crippen LogP contribution in [-0.2, 0) is 16.2 Å². The Labute approximate surface area is 196 Å². The molecule has 0 spiro atoms. The summed E-state index contributed by atoms with van der Waals surface area (Å²) in [7, 11) is -3.74. The first-order valence-electron chi connectivity index (χ1n) is 11.3. The molecule has 1 aliphatic carbocycles. The van der Waals surface area contributed by atoms with Gasteiger partial charge < -0.3 is 4.90 Å². The number of nitrogens with zero attached hydrogens (tertiary/aromatic N) is 3. The lowest BCUT2D eigenvalue weighted by Gasteiger charge is -2.35. The van der Waals surface area contributed by atoms with E-state index in [9.17, 15) is 31.7 Å². The quantitative estimate of drug-likeness (QED) is 0.420. The summed E-state index contributed by atoms with van der Waals surface area (Å²) in [6, 6.07) is 9.43. The molecule has 1 heterocycles. The number of nitro benzene ring substituents is 1. The molecule has 1 saturated carbocycles. The van der Waals surface area contributed by atoms with Gasteiger partial charge in [0.15, 0.2) is 0 Å². The minimum atomic E-state index is -4.69. The molecule has 11 heteroatoms. The maximum atomic E-state index is 13.1. The minimum Gasteiger partial charge on any atom is -0.363 e. The first-order chi connectivity index (χ1) is 16.1. The number of piperazine rings is 1. The van der Waals surface area contributed by atoms with Gasteiger partial charge in [-0.1, -0.05) is 31.4 Å². The maximum absolute atomic E-state index is 13.1. The Kier molecular flexibility index (Phi) is 6.86.